The van der Waals surface area contributed by atoms with Gasteiger partial charge < -0.3 is 10.1 Å². The van der Waals surface area contributed by atoms with Crippen LogP contribution < -0.4 is 5.32 Å². The summed E-state index contributed by atoms with van der Waals surface area (Å²) in [6, 6.07) is 14.8. The largest absolute Gasteiger partial charge is 0.452 e. The highest BCUT2D eigenvalue weighted by molar-refractivity contribution is 6.41. The van der Waals surface area contributed by atoms with E-state index >= 15 is 0 Å². The fourth-order valence-corrected chi connectivity index (χ4v) is 4.24. The molecule has 0 saturated heterocycles. The number of ketones is 2. The summed E-state index contributed by atoms with van der Waals surface area (Å²) in [5.74, 6) is -2.12. The molecule has 34 heavy (non-hydrogen) atoms. The average molecular weight is 476 g/mol. The fraction of sp³-hybridized carbons (Fsp3) is 0.185. The molecule has 0 bridgehead atoms. The predicted octanol–water partition coefficient (Wildman–Crippen LogP) is 4.77. The van der Waals surface area contributed by atoms with Crippen molar-refractivity contribution in [3.8, 4) is 0 Å². The first-order valence-corrected chi connectivity index (χ1v) is 11.1. The highest BCUT2D eigenvalue weighted by Gasteiger charge is 2.33. The van der Waals surface area contributed by atoms with Crippen molar-refractivity contribution >= 4 is 35.0 Å². The summed E-state index contributed by atoms with van der Waals surface area (Å²) in [7, 11) is 0. The van der Waals surface area contributed by atoms with Gasteiger partial charge in [-0.2, -0.15) is 0 Å². The smallest absolute Gasteiger partial charge is 0.340 e. The van der Waals surface area contributed by atoms with Gasteiger partial charge in [0.1, 0.15) is 0 Å². The Morgan fingerprint density at radius 3 is 2.26 bits per heavy atom. The molecule has 172 valence electrons. The molecule has 0 heterocycles. The Morgan fingerprint density at radius 1 is 0.912 bits per heavy atom. The number of ether oxygens (including phenoxy) is 1. The lowest BCUT2D eigenvalue weighted by Gasteiger charge is -2.19. The van der Waals surface area contributed by atoms with Crippen molar-refractivity contribution in [1.29, 1.82) is 0 Å². The molecule has 3 aromatic carbocycles. The zero-order valence-electron chi connectivity index (χ0n) is 18.9. The molecule has 0 fully saturated rings. The van der Waals surface area contributed by atoms with Gasteiger partial charge in [-0.25, -0.2) is 4.79 Å². The van der Waals surface area contributed by atoms with Crippen molar-refractivity contribution in [3.63, 3.8) is 0 Å². The molecule has 1 unspecified atom stereocenters. The van der Waals surface area contributed by atoms with Gasteiger partial charge in [0.2, 0.25) is 0 Å². The monoisotopic (exact) mass is 475 g/mol. The van der Waals surface area contributed by atoms with Gasteiger partial charge in [-0.1, -0.05) is 54.1 Å². The minimum absolute atomic E-state index is 0.0346. The van der Waals surface area contributed by atoms with Crippen LogP contribution in [0.3, 0.4) is 0 Å². The van der Waals surface area contributed by atoms with Crippen molar-refractivity contribution in [3.05, 3.63) is 104 Å². The van der Waals surface area contributed by atoms with Gasteiger partial charge in [-0.15, -0.1) is 0 Å². The molecular formula is C27H22ClNO5. The lowest BCUT2D eigenvalue weighted by molar-refractivity contribution is -0.124. The second-order valence-corrected chi connectivity index (χ2v) is 8.64. The quantitative estimate of drug-likeness (QED) is 0.420. The van der Waals surface area contributed by atoms with Crippen LogP contribution in [0.15, 0.2) is 54.6 Å². The number of hydrogen-bond acceptors (Lipinski definition) is 5. The molecule has 1 atom stereocenters. The minimum Gasteiger partial charge on any atom is -0.452 e. The van der Waals surface area contributed by atoms with Gasteiger partial charge in [-0.3, -0.25) is 14.4 Å². The fourth-order valence-electron chi connectivity index (χ4n) is 3.91. The normalized spacial score (nSPS) is 13.1. The van der Waals surface area contributed by atoms with Crippen LogP contribution in [0.25, 0.3) is 0 Å². The van der Waals surface area contributed by atoms with E-state index < -0.39 is 24.3 Å². The van der Waals surface area contributed by atoms with Crippen molar-refractivity contribution < 1.29 is 23.9 Å². The van der Waals surface area contributed by atoms with E-state index in [1.165, 1.54) is 12.1 Å². The van der Waals surface area contributed by atoms with E-state index in [1.54, 1.807) is 24.3 Å². The molecule has 6 nitrogen and oxygen atoms in total. The molecule has 7 heteroatoms. The summed E-state index contributed by atoms with van der Waals surface area (Å²) < 4.78 is 5.14. The maximum atomic E-state index is 13.0. The number of halogens is 1. The number of aryl methyl sites for hydroxylation is 2. The number of esters is 1. The molecule has 1 aliphatic rings. The lowest BCUT2D eigenvalue weighted by Crippen LogP contribution is -2.31. The molecule has 0 saturated carbocycles. The van der Waals surface area contributed by atoms with E-state index in [1.807, 2.05) is 39.0 Å². The van der Waals surface area contributed by atoms with E-state index in [-0.39, 0.29) is 39.1 Å². The standard InChI is InChI=1S/C27H22ClNO5/c1-14-8-9-17(12-15(14)2)16(3)29-22(30)13-34-27(33)21-11-10-20-23(24(21)28)26(32)19-7-5-4-6-18(19)25(20)31/h4-12,16H,13H2,1-3H3,(H,29,30). The van der Waals surface area contributed by atoms with Crippen molar-refractivity contribution in [1.82, 2.24) is 5.32 Å². The lowest BCUT2D eigenvalue weighted by atomic mass is 9.83. The van der Waals surface area contributed by atoms with Gasteiger partial charge in [-0.05, 0) is 49.6 Å². The van der Waals surface area contributed by atoms with E-state index in [0.29, 0.717) is 5.56 Å². The molecule has 1 N–H and O–H groups in total. The molecule has 0 radical (unpaired) electrons. The Kier molecular flexibility index (Phi) is 6.35. The summed E-state index contributed by atoms with van der Waals surface area (Å²) in [5, 5.41) is 2.62. The average Bonchev–Trinajstić information content (AvgIpc) is 2.82. The number of fused-ring (bicyclic) bond motifs is 2. The first-order chi connectivity index (χ1) is 16.2. The Bertz CT molecular complexity index is 1360. The Hall–Kier alpha value is -3.77. The van der Waals surface area contributed by atoms with E-state index in [4.69, 9.17) is 16.3 Å². The van der Waals surface area contributed by atoms with E-state index in [0.717, 1.165) is 16.7 Å². The summed E-state index contributed by atoms with van der Waals surface area (Å²) in [6.45, 7) is 5.33. The number of carbonyl (C=O) groups excluding carboxylic acids is 4. The maximum Gasteiger partial charge on any atom is 0.340 e. The van der Waals surface area contributed by atoms with Gasteiger partial charge >= 0.3 is 5.97 Å². The van der Waals surface area contributed by atoms with E-state index in [9.17, 15) is 19.2 Å². The molecule has 0 aliphatic heterocycles. The molecule has 0 spiro atoms. The number of carbonyl (C=O) groups is 4. The number of amides is 1. The van der Waals surface area contributed by atoms with Gasteiger partial charge in [0.15, 0.2) is 18.2 Å². The summed E-state index contributed by atoms with van der Waals surface area (Å²) in [6.07, 6.45) is 0. The van der Waals surface area contributed by atoms with Crippen LogP contribution in [-0.4, -0.2) is 30.0 Å². The third-order valence-electron chi connectivity index (χ3n) is 5.99. The van der Waals surface area contributed by atoms with Crippen LogP contribution in [0.2, 0.25) is 5.02 Å². The topological polar surface area (TPSA) is 89.5 Å². The second kappa shape index (κ2) is 9.23. The van der Waals surface area contributed by atoms with Crippen LogP contribution in [0.4, 0.5) is 0 Å². The van der Waals surface area contributed by atoms with Crippen LogP contribution in [-0.2, 0) is 9.53 Å². The summed E-state index contributed by atoms with van der Waals surface area (Å²) >= 11 is 6.38. The second-order valence-electron chi connectivity index (χ2n) is 8.26. The predicted molar refractivity (Wildman–Crippen MR) is 128 cm³/mol. The third-order valence-corrected chi connectivity index (χ3v) is 6.39. The van der Waals surface area contributed by atoms with Crippen LogP contribution in [0.5, 0.6) is 0 Å². The SMILES string of the molecule is Cc1ccc(C(C)NC(=O)COC(=O)c2ccc3c(c2Cl)C(=O)c2ccccc2C3=O)cc1C. The van der Waals surface area contributed by atoms with Crippen LogP contribution in [0.1, 0.15) is 71.9 Å². The number of nitrogens with one attached hydrogen (secondary N) is 1. The Morgan fingerprint density at radius 2 is 1.59 bits per heavy atom. The molecular weight excluding hydrogens is 454 g/mol. The number of rotatable bonds is 5. The first-order valence-electron chi connectivity index (χ1n) is 10.7. The van der Waals surface area contributed by atoms with E-state index in [2.05, 4.69) is 5.32 Å². The molecule has 0 aromatic heterocycles. The Labute approximate surface area is 201 Å². The minimum atomic E-state index is -0.860. The van der Waals surface area contributed by atoms with Gasteiger partial charge in [0.05, 0.1) is 22.2 Å². The maximum absolute atomic E-state index is 13.0. The number of hydrogen-bond donors (Lipinski definition) is 1. The Balaban J connectivity index is 1.47. The van der Waals surface area contributed by atoms with Crippen molar-refractivity contribution in [2.75, 3.05) is 6.61 Å². The summed E-state index contributed by atoms with van der Waals surface area (Å²) in [4.78, 5) is 50.7. The summed E-state index contributed by atoms with van der Waals surface area (Å²) in [5.41, 5.74) is 3.73. The van der Waals surface area contributed by atoms with Gasteiger partial charge in [0.25, 0.3) is 5.91 Å². The highest BCUT2D eigenvalue weighted by Crippen LogP contribution is 2.34. The molecule has 4 rings (SSSR count). The molecule has 1 aliphatic carbocycles. The van der Waals surface area contributed by atoms with Crippen molar-refractivity contribution in [2.24, 2.45) is 0 Å². The highest BCUT2D eigenvalue weighted by atomic mass is 35.5. The van der Waals surface area contributed by atoms with Crippen molar-refractivity contribution in [2.45, 2.75) is 26.8 Å². The first kappa shape index (κ1) is 23.4. The number of benzene rings is 3. The molecule has 1 amide bonds. The third kappa shape index (κ3) is 4.24. The van der Waals surface area contributed by atoms with Crippen LogP contribution >= 0.6 is 11.6 Å². The zero-order valence-corrected chi connectivity index (χ0v) is 19.7. The van der Waals surface area contributed by atoms with Crippen LogP contribution in [0, 0.1) is 13.8 Å². The zero-order chi connectivity index (χ0) is 24.6. The van der Waals surface area contributed by atoms with Gasteiger partial charge in [0, 0.05) is 16.7 Å². The molecule has 3 aromatic rings.